The van der Waals surface area contributed by atoms with Gasteiger partial charge in [-0.05, 0) is 90.2 Å². The number of benzene rings is 2. The molecule has 0 aliphatic carbocycles. The fraction of sp³-hybridized carbons (Fsp3) is 0.500. The van der Waals surface area contributed by atoms with E-state index in [1.54, 1.807) is 12.1 Å². The molecule has 0 saturated carbocycles. The van der Waals surface area contributed by atoms with Crippen molar-refractivity contribution >= 4 is 17.6 Å². The highest BCUT2D eigenvalue weighted by molar-refractivity contribution is 6.32. The summed E-state index contributed by atoms with van der Waals surface area (Å²) in [6.45, 7) is 11.4. The molecular formula is C30H39ClN4O4. The molecule has 1 aliphatic rings. The quantitative estimate of drug-likeness (QED) is 0.288. The number of ether oxygens (including phenoxy) is 1. The van der Waals surface area contributed by atoms with E-state index in [4.69, 9.17) is 26.6 Å². The standard InChI is InChI=1S/C30H39ClN4O4/c1-6-30(28(36)37)13-15-35(16-14-30)24(18-29(4,5)32)20-7-9-21(10-8-20)26-33-27(39-34-26)22-11-12-25(23(31)17-22)38-19(2)3/h7-12,17,19,24H,6,13-16,18,32H2,1-5H3,(H,36,37). The van der Waals surface area contributed by atoms with Gasteiger partial charge in [0.15, 0.2) is 0 Å². The average Bonchev–Trinajstić information content (AvgIpc) is 3.38. The highest BCUT2D eigenvalue weighted by Crippen LogP contribution is 2.40. The molecule has 1 fully saturated rings. The molecule has 2 heterocycles. The van der Waals surface area contributed by atoms with Crippen LogP contribution in [-0.2, 0) is 4.79 Å². The van der Waals surface area contributed by atoms with Crippen LogP contribution in [0.5, 0.6) is 5.75 Å². The van der Waals surface area contributed by atoms with E-state index in [1.165, 1.54) is 0 Å². The second kappa shape index (κ2) is 11.7. The molecule has 39 heavy (non-hydrogen) atoms. The first-order chi connectivity index (χ1) is 18.4. The Labute approximate surface area is 235 Å². The molecule has 9 heteroatoms. The molecule has 1 unspecified atom stereocenters. The van der Waals surface area contributed by atoms with Crippen molar-refractivity contribution in [2.75, 3.05) is 13.1 Å². The predicted octanol–water partition coefficient (Wildman–Crippen LogP) is 6.59. The van der Waals surface area contributed by atoms with Gasteiger partial charge >= 0.3 is 5.97 Å². The van der Waals surface area contributed by atoms with Gasteiger partial charge in [0.25, 0.3) is 5.89 Å². The summed E-state index contributed by atoms with van der Waals surface area (Å²) in [4.78, 5) is 18.9. The number of hydrogen-bond donors (Lipinski definition) is 2. The van der Waals surface area contributed by atoms with Crippen molar-refractivity contribution in [3.63, 3.8) is 0 Å². The van der Waals surface area contributed by atoms with Crippen molar-refractivity contribution in [2.24, 2.45) is 11.1 Å². The normalized spacial score (nSPS) is 16.8. The molecule has 1 saturated heterocycles. The van der Waals surface area contributed by atoms with Crippen LogP contribution < -0.4 is 10.5 Å². The Bertz CT molecular complexity index is 1270. The number of nitrogens with zero attached hydrogens (tertiary/aromatic N) is 3. The lowest BCUT2D eigenvalue weighted by Crippen LogP contribution is -2.47. The predicted molar refractivity (Wildman–Crippen MR) is 153 cm³/mol. The number of aromatic nitrogens is 2. The summed E-state index contributed by atoms with van der Waals surface area (Å²) in [5.74, 6) is 0.781. The van der Waals surface area contributed by atoms with Gasteiger partial charge in [-0.2, -0.15) is 4.98 Å². The van der Waals surface area contributed by atoms with Crippen molar-refractivity contribution in [3.8, 4) is 28.6 Å². The van der Waals surface area contributed by atoms with Crippen molar-refractivity contribution < 1.29 is 19.2 Å². The molecule has 3 aromatic rings. The van der Waals surface area contributed by atoms with Crippen molar-refractivity contribution in [3.05, 3.63) is 53.1 Å². The van der Waals surface area contributed by atoms with Crippen LogP contribution in [0.1, 0.15) is 71.9 Å². The van der Waals surface area contributed by atoms with E-state index in [0.29, 0.717) is 47.3 Å². The second-order valence-corrected chi connectivity index (χ2v) is 11.9. The highest BCUT2D eigenvalue weighted by Gasteiger charge is 2.41. The lowest BCUT2D eigenvalue weighted by molar-refractivity contribution is -0.152. The molecular weight excluding hydrogens is 516 g/mol. The number of carboxylic acids is 1. The van der Waals surface area contributed by atoms with E-state index in [-0.39, 0.29) is 17.7 Å². The van der Waals surface area contributed by atoms with Gasteiger partial charge in [-0.1, -0.05) is 47.9 Å². The first-order valence-electron chi connectivity index (χ1n) is 13.6. The van der Waals surface area contributed by atoms with Crippen LogP contribution >= 0.6 is 11.6 Å². The van der Waals surface area contributed by atoms with Crippen molar-refractivity contribution in [1.29, 1.82) is 0 Å². The Morgan fingerprint density at radius 1 is 1.18 bits per heavy atom. The highest BCUT2D eigenvalue weighted by atomic mass is 35.5. The molecule has 0 spiro atoms. The summed E-state index contributed by atoms with van der Waals surface area (Å²) in [5, 5.41) is 14.5. The number of nitrogens with two attached hydrogens (primary N) is 1. The van der Waals surface area contributed by atoms with Crippen LogP contribution in [0, 0.1) is 5.41 Å². The van der Waals surface area contributed by atoms with E-state index >= 15 is 0 Å². The Morgan fingerprint density at radius 2 is 1.82 bits per heavy atom. The monoisotopic (exact) mass is 554 g/mol. The number of aliphatic carboxylic acids is 1. The van der Waals surface area contributed by atoms with Crippen molar-refractivity contribution in [2.45, 2.75) is 78.0 Å². The fourth-order valence-corrected chi connectivity index (χ4v) is 5.46. The third kappa shape index (κ3) is 6.80. The van der Waals surface area contributed by atoms with E-state index in [1.807, 2.05) is 52.8 Å². The van der Waals surface area contributed by atoms with Crippen LogP contribution in [-0.4, -0.2) is 50.8 Å². The number of rotatable bonds is 10. The summed E-state index contributed by atoms with van der Waals surface area (Å²) < 4.78 is 11.2. The summed E-state index contributed by atoms with van der Waals surface area (Å²) in [6.07, 6.45) is 2.69. The molecule has 4 rings (SSSR count). The molecule has 0 amide bonds. The average molecular weight is 555 g/mol. The van der Waals surface area contributed by atoms with Gasteiger partial charge in [0.05, 0.1) is 16.5 Å². The first kappa shape index (κ1) is 29.1. The summed E-state index contributed by atoms with van der Waals surface area (Å²) >= 11 is 6.39. The summed E-state index contributed by atoms with van der Waals surface area (Å²) in [6, 6.07) is 13.6. The molecule has 1 atom stereocenters. The van der Waals surface area contributed by atoms with Crippen LogP contribution in [0.3, 0.4) is 0 Å². The van der Waals surface area contributed by atoms with E-state index in [2.05, 4.69) is 27.2 Å². The molecule has 8 nitrogen and oxygen atoms in total. The molecule has 3 N–H and O–H groups in total. The van der Waals surface area contributed by atoms with Gasteiger partial charge in [0.1, 0.15) is 5.75 Å². The zero-order valence-electron chi connectivity index (χ0n) is 23.4. The van der Waals surface area contributed by atoms with Crippen LogP contribution in [0.2, 0.25) is 5.02 Å². The number of carbonyl (C=O) groups is 1. The second-order valence-electron chi connectivity index (χ2n) is 11.5. The first-order valence-corrected chi connectivity index (χ1v) is 14.0. The Hall–Kier alpha value is -2.94. The minimum atomic E-state index is -0.689. The number of likely N-dealkylation sites (tertiary alicyclic amines) is 1. The van der Waals surface area contributed by atoms with E-state index < -0.39 is 11.4 Å². The smallest absolute Gasteiger partial charge is 0.309 e. The third-order valence-electron chi connectivity index (χ3n) is 7.57. The molecule has 2 aromatic carbocycles. The number of hydrogen-bond acceptors (Lipinski definition) is 7. The minimum absolute atomic E-state index is 0.0198. The summed E-state index contributed by atoms with van der Waals surface area (Å²) in [7, 11) is 0. The van der Waals surface area contributed by atoms with Gasteiger partial charge in [0.2, 0.25) is 5.82 Å². The lowest BCUT2D eigenvalue weighted by atomic mass is 9.75. The summed E-state index contributed by atoms with van der Waals surface area (Å²) in [5.41, 5.74) is 8.13. The van der Waals surface area contributed by atoms with Gasteiger partial charge in [-0.3, -0.25) is 9.69 Å². The number of piperidine rings is 1. The molecule has 0 radical (unpaired) electrons. The maximum atomic E-state index is 11.9. The Morgan fingerprint density at radius 3 is 2.36 bits per heavy atom. The molecule has 210 valence electrons. The number of carboxylic acid groups (broad SMARTS) is 1. The zero-order valence-corrected chi connectivity index (χ0v) is 24.2. The maximum absolute atomic E-state index is 11.9. The number of halogens is 1. The topological polar surface area (TPSA) is 115 Å². The maximum Gasteiger partial charge on any atom is 0.309 e. The van der Waals surface area contributed by atoms with Crippen LogP contribution in [0.4, 0.5) is 0 Å². The zero-order chi connectivity index (χ0) is 28.4. The fourth-order valence-electron chi connectivity index (χ4n) is 5.23. The van der Waals surface area contributed by atoms with E-state index in [9.17, 15) is 9.90 Å². The van der Waals surface area contributed by atoms with Crippen LogP contribution in [0.15, 0.2) is 47.0 Å². The van der Waals surface area contributed by atoms with Gasteiger partial charge in [0, 0.05) is 22.7 Å². The Kier molecular flexibility index (Phi) is 8.69. The lowest BCUT2D eigenvalue weighted by Gasteiger charge is -2.43. The third-order valence-corrected chi connectivity index (χ3v) is 7.86. The van der Waals surface area contributed by atoms with Gasteiger partial charge in [-0.15, -0.1) is 0 Å². The largest absolute Gasteiger partial charge is 0.489 e. The van der Waals surface area contributed by atoms with E-state index in [0.717, 1.165) is 30.6 Å². The molecule has 1 aromatic heterocycles. The van der Waals surface area contributed by atoms with Crippen LogP contribution in [0.25, 0.3) is 22.8 Å². The van der Waals surface area contributed by atoms with Gasteiger partial charge in [-0.25, -0.2) is 0 Å². The minimum Gasteiger partial charge on any atom is -0.489 e. The van der Waals surface area contributed by atoms with Gasteiger partial charge < -0.3 is 20.1 Å². The molecule has 1 aliphatic heterocycles. The van der Waals surface area contributed by atoms with Crippen molar-refractivity contribution in [1.82, 2.24) is 15.0 Å². The molecule has 0 bridgehead atoms. The Balaban J connectivity index is 1.53. The SMILES string of the molecule is CCC1(C(=O)O)CCN(C(CC(C)(C)N)c2ccc(-c3noc(-c4ccc(OC(C)C)c(Cl)c4)n3)cc2)CC1.